The zero-order chi connectivity index (χ0) is 18.2. The van der Waals surface area contributed by atoms with Crippen molar-refractivity contribution >= 4 is 59.1 Å². The number of nitrogens with zero attached hydrogens (tertiary/aromatic N) is 3. The van der Waals surface area contributed by atoms with Crippen molar-refractivity contribution in [3.63, 3.8) is 0 Å². The Morgan fingerprint density at radius 2 is 1.92 bits per heavy atom. The third-order valence-electron chi connectivity index (χ3n) is 3.08. The highest BCUT2D eigenvalue weighted by atomic mass is 32.2. The molecule has 2 aromatic heterocycles. The van der Waals surface area contributed by atoms with Crippen molar-refractivity contribution in [1.82, 2.24) is 15.2 Å². The fraction of sp³-hybridized carbons (Fsp3) is 0.286. The van der Waals surface area contributed by atoms with Crippen LogP contribution in [0.15, 0.2) is 18.2 Å². The molecular formula is C14H15N5O3S3. The third kappa shape index (κ3) is 4.30. The van der Waals surface area contributed by atoms with Crippen molar-refractivity contribution < 1.29 is 13.2 Å². The van der Waals surface area contributed by atoms with Crippen molar-refractivity contribution in [3.05, 3.63) is 28.8 Å². The Balaban J connectivity index is 1.81. The highest BCUT2D eigenvalue weighted by Crippen LogP contribution is 2.28. The zero-order valence-corrected chi connectivity index (χ0v) is 16.1. The molecule has 0 atom stereocenters. The number of nitrogens with one attached hydrogen (secondary N) is 2. The molecule has 25 heavy (non-hydrogen) atoms. The van der Waals surface area contributed by atoms with Crippen LogP contribution in [0.2, 0.25) is 0 Å². The molecule has 0 aliphatic rings. The normalized spacial score (nSPS) is 11.8. The summed E-state index contributed by atoms with van der Waals surface area (Å²) in [6.07, 6.45) is 1.06. The molecule has 2 N–H and O–H groups in total. The highest BCUT2D eigenvalue weighted by Gasteiger charge is 2.14. The first-order valence-corrected chi connectivity index (χ1v) is 10.8. The predicted octanol–water partition coefficient (Wildman–Crippen LogP) is 2.90. The van der Waals surface area contributed by atoms with E-state index in [1.807, 2.05) is 13.8 Å². The molecule has 0 unspecified atom stereocenters. The Kier molecular flexibility index (Phi) is 4.71. The molecule has 1 amide bonds. The number of rotatable bonds is 5. The van der Waals surface area contributed by atoms with Crippen LogP contribution in [-0.4, -0.2) is 35.8 Å². The Morgan fingerprint density at radius 1 is 1.16 bits per heavy atom. The monoisotopic (exact) mass is 397 g/mol. The Bertz CT molecular complexity index is 1040. The second-order valence-corrected chi connectivity index (χ2v) is 9.42. The van der Waals surface area contributed by atoms with E-state index in [0.717, 1.165) is 22.6 Å². The van der Waals surface area contributed by atoms with Gasteiger partial charge in [-0.25, -0.2) is 13.4 Å². The van der Waals surface area contributed by atoms with Gasteiger partial charge in [-0.05, 0) is 18.2 Å². The van der Waals surface area contributed by atoms with Crippen LogP contribution in [-0.2, 0) is 10.0 Å². The van der Waals surface area contributed by atoms with E-state index in [1.165, 1.54) is 11.3 Å². The van der Waals surface area contributed by atoms with E-state index in [9.17, 15) is 13.2 Å². The number of fused-ring (bicyclic) bond motifs is 1. The summed E-state index contributed by atoms with van der Waals surface area (Å²) in [5, 5.41) is 12.3. The molecule has 3 aromatic rings. The maximum Gasteiger partial charge on any atom is 0.257 e. The van der Waals surface area contributed by atoms with Crippen molar-refractivity contribution in [3.8, 4) is 0 Å². The number of aromatic nitrogens is 3. The van der Waals surface area contributed by atoms with Crippen LogP contribution in [0.5, 0.6) is 0 Å². The lowest BCUT2D eigenvalue weighted by Gasteiger charge is -2.01. The summed E-state index contributed by atoms with van der Waals surface area (Å²) in [6, 6.07) is 4.97. The minimum atomic E-state index is -3.39. The molecule has 0 radical (unpaired) electrons. The number of anilines is 2. The molecule has 0 spiro atoms. The first-order chi connectivity index (χ1) is 11.7. The second-order valence-electron chi connectivity index (χ2n) is 5.63. The fourth-order valence-corrected chi connectivity index (χ4v) is 4.44. The van der Waals surface area contributed by atoms with E-state index < -0.39 is 10.0 Å². The molecule has 0 aliphatic carbocycles. The number of carbonyl (C=O) groups excluding carboxylic acids is 1. The van der Waals surface area contributed by atoms with Gasteiger partial charge in [-0.1, -0.05) is 36.5 Å². The molecule has 8 nitrogen and oxygen atoms in total. The smallest absolute Gasteiger partial charge is 0.257 e. The second kappa shape index (κ2) is 6.65. The van der Waals surface area contributed by atoms with Gasteiger partial charge in [-0.15, -0.1) is 10.2 Å². The van der Waals surface area contributed by atoms with E-state index in [4.69, 9.17) is 0 Å². The summed E-state index contributed by atoms with van der Waals surface area (Å²) < 4.78 is 25.6. The van der Waals surface area contributed by atoms with Gasteiger partial charge in [0.25, 0.3) is 5.91 Å². The standard InChI is InChI=1S/C14H15N5O3S3/c1-7(2)12-17-18-13(24-12)16-11(20)8-4-5-9-10(6-8)23-14(15-9)19-25(3,21)22/h4-7H,1-3H3,(H,15,19)(H,16,18,20). The van der Waals surface area contributed by atoms with Gasteiger partial charge in [-0.3, -0.25) is 14.8 Å². The van der Waals surface area contributed by atoms with E-state index in [0.29, 0.717) is 20.9 Å². The Hall–Kier alpha value is -2.11. The number of carbonyl (C=O) groups is 1. The Labute approximate surface area is 152 Å². The fourth-order valence-electron chi connectivity index (χ4n) is 1.96. The van der Waals surface area contributed by atoms with Gasteiger partial charge in [-0.2, -0.15) is 0 Å². The van der Waals surface area contributed by atoms with Crippen molar-refractivity contribution in [2.75, 3.05) is 16.3 Å². The number of amides is 1. The summed E-state index contributed by atoms with van der Waals surface area (Å²) in [7, 11) is -3.39. The van der Waals surface area contributed by atoms with Crippen molar-refractivity contribution in [2.45, 2.75) is 19.8 Å². The van der Waals surface area contributed by atoms with E-state index in [2.05, 4.69) is 25.2 Å². The number of thiazole rings is 1. The van der Waals surface area contributed by atoms with Gasteiger partial charge in [0, 0.05) is 11.5 Å². The van der Waals surface area contributed by atoms with Gasteiger partial charge in [0.1, 0.15) is 5.01 Å². The quantitative estimate of drug-likeness (QED) is 0.684. The number of sulfonamides is 1. The number of hydrogen-bond donors (Lipinski definition) is 2. The molecule has 0 fully saturated rings. The van der Waals surface area contributed by atoms with E-state index in [-0.39, 0.29) is 17.0 Å². The molecule has 132 valence electrons. The first-order valence-electron chi connectivity index (χ1n) is 7.24. The van der Waals surface area contributed by atoms with E-state index >= 15 is 0 Å². The molecule has 2 heterocycles. The van der Waals surface area contributed by atoms with Crippen molar-refractivity contribution in [2.24, 2.45) is 0 Å². The topological polar surface area (TPSA) is 114 Å². The molecule has 0 saturated heterocycles. The summed E-state index contributed by atoms with van der Waals surface area (Å²) in [6.45, 7) is 4.01. The zero-order valence-electron chi connectivity index (χ0n) is 13.6. The largest absolute Gasteiger partial charge is 0.296 e. The van der Waals surface area contributed by atoms with Crippen LogP contribution < -0.4 is 10.0 Å². The highest BCUT2D eigenvalue weighted by molar-refractivity contribution is 7.92. The minimum absolute atomic E-state index is 0.248. The molecule has 0 aliphatic heterocycles. The molecular weight excluding hydrogens is 382 g/mol. The summed E-state index contributed by atoms with van der Waals surface area (Å²) in [4.78, 5) is 16.6. The van der Waals surface area contributed by atoms with Crippen LogP contribution >= 0.6 is 22.7 Å². The maximum atomic E-state index is 12.4. The summed E-state index contributed by atoms with van der Waals surface area (Å²) in [5.74, 6) is -0.0585. The molecule has 0 saturated carbocycles. The summed E-state index contributed by atoms with van der Waals surface area (Å²) in [5.41, 5.74) is 1.05. The lowest BCUT2D eigenvalue weighted by atomic mass is 10.2. The van der Waals surface area contributed by atoms with Gasteiger partial charge in [0.05, 0.1) is 16.5 Å². The van der Waals surface area contributed by atoms with Crippen LogP contribution in [0.1, 0.15) is 35.1 Å². The predicted molar refractivity (Wildman–Crippen MR) is 100 cm³/mol. The van der Waals surface area contributed by atoms with Crippen molar-refractivity contribution in [1.29, 1.82) is 0 Å². The van der Waals surface area contributed by atoms with Crippen LogP contribution in [0, 0.1) is 0 Å². The molecule has 11 heteroatoms. The van der Waals surface area contributed by atoms with Crippen LogP contribution in [0.25, 0.3) is 10.2 Å². The van der Waals surface area contributed by atoms with Gasteiger partial charge >= 0.3 is 0 Å². The lowest BCUT2D eigenvalue weighted by Crippen LogP contribution is -2.11. The molecule has 1 aromatic carbocycles. The maximum absolute atomic E-state index is 12.4. The first kappa shape index (κ1) is 17.7. The van der Waals surface area contributed by atoms with Crippen LogP contribution in [0.4, 0.5) is 10.3 Å². The number of benzene rings is 1. The van der Waals surface area contributed by atoms with E-state index in [1.54, 1.807) is 18.2 Å². The Morgan fingerprint density at radius 3 is 2.56 bits per heavy atom. The van der Waals surface area contributed by atoms with Gasteiger partial charge in [0.15, 0.2) is 5.13 Å². The average molecular weight is 398 g/mol. The molecule has 0 bridgehead atoms. The summed E-state index contributed by atoms with van der Waals surface area (Å²) >= 11 is 2.50. The number of hydrogen-bond acceptors (Lipinski definition) is 8. The lowest BCUT2D eigenvalue weighted by molar-refractivity contribution is 0.102. The van der Waals surface area contributed by atoms with Crippen LogP contribution in [0.3, 0.4) is 0 Å². The van der Waals surface area contributed by atoms with Gasteiger partial charge in [0.2, 0.25) is 15.2 Å². The molecule has 3 rings (SSSR count). The minimum Gasteiger partial charge on any atom is -0.296 e. The average Bonchev–Trinajstić information content (AvgIpc) is 3.10. The third-order valence-corrected chi connectivity index (χ3v) is 5.84. The SMILES string of the molecule is CC(C)c1nnc(NC(=O)c2ccc3nc(NS(C)(=O)=O)sc3c2)s1. The van der Waals surface area contributed by atoms with Gasteiger partial charge < -0.3 is 0 Å².